The van der Waals surface area contributed by atoms with E-state index in [4.69, 9.17) is 9.47 Å². The van der Waals surface area contributed by atoms with Gasteiger partial charge in [-0.2, -0.15) is 0 Å². The van der Waals surface area contributed by atoms with Crippen molar-refractivity contribution in [1.29, 1.82) is 0 Å². The Bertz CT molecular complexity index is 641. The van der Waals surface area contributed by atoms with Gasteiger partial charge in [0.1, 0.15) is 11.8 Å². The van der Waals surface area contributed by atoms with Crippen LogP contribution in [0.1, 0.15) is 11.5 Å². The van der Waals surface area contributed by atoms with Crippen LogP contribution in [-0.4, -0.2) is 26.2 Å². The van der Waals surface area contributed by atoms with Crippen molar-refractivity contribution >= 4 is 5.97 Å². The number of hydrogen-bond acceptors (Lipinski definition) is 4. The Balaban J connectivity index is 2.01. The largest absolute Gasteiger partial charge is 0.497 e. The van der Waals surface area contributed by atoms with Crippen LogP contribution in [-0.2, 0) is 9.53 Å². The highest BCUT2D eigenvalue weighted by molar-refractivity contribution is 5.80. The second-order valence-corrected chi connectivity index (χ2v) is 5.00. The molecule has 0 amide bonds. The predicted molar refractivity (Wildman–Crippen MR) is 80.0 cm³/mol. The lowest BCUT2D eigenvalue weighted by Gasteiger charge is -2.32. The van der Waals surface area contributed by atoms with Crippen LogP contribution in [0.5, 0.6) is 5.75 Å². The highest BCUT2D eigenvalue weighted by Crippen LogP contribution is 2.39. The molecule has 1 aromatic rings. The molecule has 0 spiro atoms. The first kappa shape index (κ1) is 13.5. The zero-order valence-corrected chi connectivity index (χ0v) is 12.0. The first-order valence-electron chi connectivity index (χ1n) is 6.81. The van der Waals surface area contributed by atoms with Gasteiger partial charge in [0.25, 0.3) is 0 Å². The lowest BCUT2D eigenvalue weighted by atomic mass is 9.80. The summed E-state index contributed by atoms with van der Waals surface area (Å²) in [5, 5.41) is 3.16. The van der Waals surface area contributed by atoms with E-state index >= 15 is 0 Å². The molecule has 0 unspecified atom stereocenters. The molecule has 0 saturated heterocycles. The Kier molecular flexibility index (Phi) is 3.52. The van der Waals surface area contributed by atoms with Crippen LogP contribution < -0.4 is 10.1 Å². The first-order chi connectivity index (χ1) is 10.2. The molecule has 1 heterocycles. The summed E-state index contributed by atoms with van der Waals surface area (Å²) in [5.74, 6) is 0.462. The fourth-order valence-corrected chi connectivity index (χ4v) is 2.83. The van der Waals surface area contributed by atoms with Gasteiger partial charge in [-0.1, -0.05) is 30.4 Å². The second kappa shape index (κ2) is 5.48. The lowest BCUT2D eigenvalue weighted by Crippen LogP contribution is -2.43. The lowest BCUT2D eigenvalue weighted by molar-refractivity contribution is -0.143. The van der Waals surface area contributed by atoms with Crippen LogP contribution in [0.2, 0.25) is 0 Å². The average molecular weight is 283 g/mol. The standard InChI is InChI=1S/C17H17NO3/c1-20-13-8-6-11(7-9-13)15-14-5-3-4-12(14)10-18-16(15)17(19)21-2/h3-10,15-16,18H,1-2H3/t15-,16+/m0/s1. The fourth-order valence-electron chi connectivity index (χ4n) is 2.83. The monoisotopic (exact) mass is 283 g/mol. The number of nitrogens with one attached hydrogen (secondary N) is 1. The molecule has 0 bridgehead atoms. The average Bonchev–Trinajstić information content (AvgIpc) is 3.02. The number of esters is 1. The Morgan fingerprint density at radius 2 is 1.95 bits per heavy atom. The summed E-state index contributed by atoms with van der Waals surface area (Å²) in [6.45, 7) is 0. The third kappa shape index (κ3) is 2.33. The molecule has 4 nitrogen and oxygen atoms in total. The van der Waals surface area contributed by atoms with Gasteiger partial charge in [-0.05, 0) is 28.8 Å². The summed E-state index contributed by atoms with van der Waals surface area (Å²) in [4.78, 5) is 12.1. The molecule has 1 aromatic carbocycles. The maximum absolute atomic E-state index is 12.1. The van der Waals surface area contributed by atoms with Crippen LogP contribution in [0.4, 0.5) is 0 Å². The number of ether oxygens (including phenoxy) is 2. The third-order valence-electron chi connectivity index (χ3n) is 3.90. The number of carbonyl (C=O) groups excluding carboxylic acids is 1. The maximum Gasteiger partial charge on any atom is 0.329 e. The predicted octanol–water partition coefficient (Wildman–Crippen LogP) is 2.30. The molecule has 21 heavy (non-hydrogen) atoms. The number of methoxy groups -OCH3 is 2. The van der Waals surface area contributed by atoms with E-state index in [-0.39, 0.29) is 11.9 Å². The zero-order valence-electron chi connectivity index (χ0n) is 12.0. The Labute approximate surface area is 123 Å². The van der Waals surface area contributed by atoms with Crippen molar-refractivity contribution in [3.8, 4) is 5.75 Å². The van der Waals surface area contributed by atoms with Crippen molar-refractivity contribution < 1.29 is 14.3 Å². The van der Waals surface area contributed by atoms with Gasteiger partial charge in [-0.25, -0.2) is 4.79 Å². The molecule has 108 valence electrons. The van der Waals surface area contributed by atoms with Gasteiger partial charge in [0.15, 0.2) is 0 Å². The summed E-state index contributed by atoms with van der Waals surface area (Å²) in [7, 11) is 3.05. The van der Waals surface area contributed by atoms with Gasteiger partial charge in [0.05, 0.1) is 14.2 Å². The van der Waals surface area contributed by atoms with Crippen molar-refractivity contribution in [2.24, 2.45) is 0 Å². The third-order valence-corrected chi connectivity index (χ3v) is 3.90. The first-order valence-corrected chi connectivity index (χ1v) is 6.81. The van der Waals surface area contributed by atoms with Gasteiger partial charge in [0, 0.05) is 12.1 Å². The Morgan fingerprint density at radius 1 is 1.19 bits per heavy atom. The molecule has 2 atom stereocenters. The molecule has 0 aromatic heterocycles. The minimum absolute atomic E-state index is 0.0710. The molecular formula is C17H17NO3. The van der Waals surface area contributed by atoms with Crippen molar-refractivity contribution in [2.45, 2.75) is 12.0 Å². The van der Waals surface area contributed by atoms with Gasteiger partial charge < -0.3 is 14.8 Å². The molecule has 1 N–H and O–H groups in total. The second-order valence-electron chi connectivity index (χ2n) is 5.00. The van der Waals surface area contributed by atoms with Crippen molar-refractivity contribution in [3.63, 3.8) is 0 Å². The molecule has 1 aliphatic heterocycles. The molecule has 4 heteroatoms. The molecule has 1 aliphatic carbocycles. The minimum atomic E-state index is -0.418. The number of hydrogen-bond donors (Lipinski definition) is 1. The molecular weight excluding hydrogens is 266 g/mol. The zero-order chi connectivity index (χ0) is 14.8. The maximum atomic E-state index is 12.1. The fraction of sp³-hybridized carbons (Fsp3) is 0.235. The van der Waals surface area contributed by atoms with Crippen LogP contribution in [0, 0.1) is 0 Å². The van der Waals surface area contributed by atoms with Crippen molar-refractivity contribution in [2.75, 3.05) is 14.2 Å². The Morgan fingerprint density at radius 3 is 2.62 bits per heavy atom. The molecule has 3 rings (SSSR count). The van der Waals surface area contributed by atoms with Crippen LogP contribution in [0.3, 0.4) is 0 Å². The minimum Gasteiger partial charge on any atom is -0.497 e. The summed E-state index contributed by atoms with van der Waals surface area (Å²) < 4.78 is 10.1. The quantitative estimate of drug-likeness (QED) is 0.865. The Hall–Kier alpha value is -2.49. The normalized spacial score (nSPS) is 22.8. The number of allylic oxidation sites excluding steroid dienone is 4. The van der Waals surface area contributed by atoms with Gasteiger partial charge in [-0.15, -0.1) is 0 Å². The number of fused-ring (bicyclic) bond motifs is 1. The summed E-state index contributed by atoms with van der Waals surface area (Å²) >= 11 is 0. The van der Waals surface area contributed by atoms with E-state index in [0.717, 1.165) is 22.5 Å². The highest BCUT2D eigenvalue weighted by Gasteiger charge is 2.36. The summed E-state index contributed by atoms with van der Waals surface area (Å²) in [6.07, 6.45) is 7.96. The number of rotatable bonds is 3. The van der Waals surface area contributed by atoms with Crippen LogP contribution in [0.15, 0.2) is 59.8 Å². The van der Waals surface area contributed by atoms with E-state index in [1.54, 1.807) is 7.11 Å². The number of carbonyl (C=O) groups is 1. The van der Waals surface area contributed by atoms with E-state index < -0.39 is 6.04 Å². The molecule has 0 radical (unpaired) electrons. The van der Waals surface area contributed by atoms with Crippen LogP contribution >= 0.6 is 0 Å². The number of benzene rings is 1. The molecule has 2 aliphatic rings. The van der Waals surface area contributed by atoms with E-state index in [2.05, 4.69) is 11.4 Å². The van der Waals surface area contributed by atoms with Crippen molar-refractivity contribution in [1.82, 2.24) is 5.32 Å². The van der Waals surface area contributed by atoms with E-state index in [0.29, 0.717) is 0 Å². The SMILES string of the molecule is COC(=O)[C@@H]1NC=C2C=CC=C2[C@@H]1c1ccc(OC)cc1. The van der Waals surface area contributed by atoms with Gasteiger partial charge in [-0.3, -0.25) is 0 Å². The summed E-state index contributed by atoms with van der Waals surface area (Å²) in [6, 6.07) is 7.38. The van der Waals surface area contributed by atoms with E-state index in [9.17, 15) is 4.79 Å². The smallest absolute Gasteiger partial charge is 0.329 e. The molecule has 0 fully saturated rings. The van der Waals surface area contributed by atoms with Crippen LogP contribution in [0.25, 0.3) is 0 Å². The van der Waals surface area contributed by atoms with Crippen molar-refractivity contribution in [3.05, 3.63) is 65.4 Å². The topological polar surface area (TPSA) is 47.6 Å². The van der Waals surface area contributed by atoms with E-state index in [1.165, 1.54) is 7.11 Å². The van der Waals surface area contributed by atoms with E-state index in [1.807, 2.05) is 42.6 Å². The highest BCUT2D eigenvalue weighted by atomic mass is 16.5. The van der Waals surface area contributed by atoms with Gasteiger partial charge in [0.2, 0.25) is 0 Å². The van der Waals surface area contributed by atoms with Gasteiger partial charge >= 0.3 is 5.97 Å². The molecule has 0 saturated carbocycles. The summed E-state index contributed by atoms with van der Waals surface area (Å²) in [5.41, 5.74) is 3.30.